The molecule has 10 heteroatoms. The number of likely N-dealkylation sites (tertiary alicyclic amines) is 1. The minimum atomic E-state index is -1.10. The monoisotopic (exact) mass is 693 g/mol. The highest BCUT2D eigenvalue weighted by Gasteiger charge is 2.28. The van der Waals surface area contributed by atoms with Crippen LogP contribution < -0.4 is 24.4 Å². The lowest BCUT2D eigenvalue weighted by Crippen LogP contribution is -2.35. The minimum Gasteiger partial charge on any atom is -0.496 e. The summed E-state index contributed by atoms with van der Waals surface area (Å²) in [5.74, 6) is 0.222. The van der Waals surface area contributed by atoms with E-state index in [1.807, 2.05) is 18.2 Å². The van der Waals surface area contributed by atoms with Crippen molar-refractivity contribution in [1.29, 1.82) is 0 Å². The van der Waals surface area contributed by atoms with Crippen LogP contribution in [0.3, 0.4) is 0 Å². The molecule has 2 aliphatic heterocycles. The Kier molecular flexibility index (Phi) is 11.5. The molecule has 2 fully saturated rings. The number of carbonyl (C=O) groups is 2. The molecule has 2 heterocycles. The number of rotatable bonds is 13. The molecule has 246 valence electrons. The number of aryl methyl sites for hydroxylation is 1. The van der Waals surface area contributed by atoms with Gasteiger partial charge in [0, 0.05) is 47.0 Å². The summed E-state index contributed by atoms with van der Waals surface area (Å²) >= 11 is 3.47. The van der Waals surface area contributed by atoms with Gasteiger partial charge in [0.05, 0.1) is 26.7 Å². The fourth-order valence-corrected chi connectivity index (χ4v) is 7.01. The van der Waals surface area contributed by atoms with E-state index >= 15 is 0 Å². The first-order valence-corrected chi connectivity index (χ1v) is 16.8. The third-order valence-electron chi connectivity index (χ3n) is 8.93. The van der Waals surface area contributed by atoms with Gasteiger partial charge in [0.15, 0.2) is 0 Å². The summed E-state index contributed by atoms with van der Waals surface area (Å²) in [5, 5.41) is 12.9. The highest BCUT2D eigenvalue weighted by molar-refractivity contribution is 9.10. The summed E-state index contributed by atoms with van der Waals surface area (Å²) < 4.78 is 17.9. The summed E-state index contributed by atoms with van der Waals surface area (Å²) in [6, 6.07) is 14.7. The van der Waals surface area contributed by atoms with Crippen molar-refractivity contribution in [2.45, 2.75) is 51.5 Å². The number of benzene rings is 3. The number of carbonyl (C=O) groups excluding carboxylic acids is 1. The van der Waals surface area contributed by atoms with E-state index in [9.17, 15) is 14.7 Å². The lowest BCUT2D eigenvalue weighted by Gasteiger charge is -2.34. The summed E-state index contributed by atoms with van der Waals surface area (Å²) in [7, 11) is 3.06. The Morgan fingerprint density at radius 1 is 0.935 bits per heavy atom. The molecule has 2 aliphatic rings. The molecule has 0 spiro atoms. The summed E-state index contributed by atoms with van der Waals surface area (Å²) in [5.41, 5.74) is 4.66. The largest absolute Gasteiger partial charge is 0.496 e. The smallest absolute Gasteiger partial charge is 0.339 e. The molecule has 9 nitrogen and oxygen atoms in total. The zero-order chi connectivity index (χ0) is 32.6. The first kappa shape index (κ1) is 33.6. The lowest BCUT2D eigenvalue weighted by molar-refractivity contribution is -0.120. The maximum absolute atomic E-state index is 13.9. The van der Waals surface area contributed by atoms with Crippen molar-refractivity contribution in [1.82, 2.24) is 10.2 Å². The second-order valence-corrected chi connectivity index (χ2v) is 12.8. The second kappa shape index (κ2) is 15.7. The summed E-state index contributed by atoms with van der Waals surface area (Å²) in [6.45, 7) is 7.72. The van der Waals surface area contributed by atoms with E-state index in [2.05, 4.69) is 56.2 Å². The van der Waals surface area contributed by atoms with E-state index in [1.165, 1.54) is 32.4 Å². The van der Waals surface area contributed by atoms with Crippen molar-refractivity contribution in [2.75, 3.05) is 58.5 Å². The van der Waals surface area contributed by atoms with Gasteiger partial charge in [-0.05, 0) is 93.6 Å². The molecule has 1 amide bonds. The predicted octanol–water partition coefficient (Wildman–Crippen LogP) is 6.39. The summed E-state index contributed by atoms with van der Waals surface area (Å²) in [6.07, 6.45) is 5.96. The molecule has 0 saturated carbocycles. The van der Waals surface area contributed by atoms with Crippen LogP contribution in [0.15, 0.2) is 53.0 Å². The number of nitrogens with one attached hydrogen (secondary N) is 1. The SMILES string of the molecule is COc1cc(CC(=O)NC(c2ccc(OCCN3CCCC3)cc2OC)c2c(C)cccc2N2CCCCC2)c(Br)cc1C(=O)O. The fraction of sp³-hybridized carbons (Fsp3) is 0.444. The van der Waals surface area contributed by atoms with Gasteiger partial charge in [-0.15, -0.1) is 0 Å². The van der Waals surface area contributed by atoms with Gasteiger partial charge in [-0.25, -0.2) is 4.79 Å². The molecule has 46 heavy (non-hydrogen) atoms. The Morgan fingerprint density at radius 2 is 1.65 bits per heavy atom. The van der Waals surface area contributed by atoms with Crippen molar-refractivity contribution in [3.63, 3.8) is 0 Å². The van der Waals surface area contributed by atoms with E-state index in [4.69, 9.17) is 14.2 Å². The second-order valence-electron chi connectivity index (χ2n) is 12.0. The molecule has 3 aromatic carbocycles. The van der Waals surface area contributed by atoms with Crippen LogP contribution in [0, 0.1) is 6.92 Å². The molecule has 2 saturated heterocycles. The Balaban J connectivity index is 1.48. The van der Waals surface area contributed by atoms with Crippen molar-refractivity contribution in [3.05, 3.63) is 80.8 Å². The molecule has 0 radical (unpaired) electrons. The number of carboxylic acid groups (broad SMARTS) is 1. The van der Waals surface area contributed by atoms with Gasteiger partial charge in [-0.2, -0.15) is 0 Å². The third kappa shape index (κ3) is 7.96. The minimum absolute atomic E-state index is 0.0122. The number of ether oxygens (including phenoxy) is 3. The fourth-order valence-electron chi connectivity index (χ4n) is 6.53. The first-order valence-electron chi connectivity index (χ1n) is 16.1. The molecule has 1 atom stereocenters. The van der Waals surface area contributed by atoms with Crippen LogP contribution in [0.5, 0.6) is 17.2 Å². The van der Waals surface area contributed by atoms with Crippen LogP contribution in [0.1, 0.15) is 70.8 Å². The Hall–Kier alpha value is -3.76. The van der Waals surface area contributed by atoms with Gasteiger partial charge in [0.25, 0.3) is 0 Å². The number of piperidine rings is 1. The van der Waals surface area contributed by atoms with Crippen LogP contribution in [0.25, 0.3) is 0 Å². The van der Waals surface area contributed by atoms with Crippen LogP contribution in [-0.4, -0.2) is 75.4 Å². The number of nitrogens with zero attached hydrogens (tertiary/aromatic N) is 2. The van der Waals surface area contributed by atoms with Crippen molar-refractivity contribution < 1.29 is 28.9 Å². The third-order valence-corrected chi connectivity index (χ3v) is 9.67. The number of carboxylic acids is 1. The first-order chi connectivity index (χ1) is 22.3. The van der Waals surface area contributed by atoms with Gasteiger partial charge in [-0.1, -0.05) is 28.1 Å². The highest BCUT2D eigenvalue weighted by Crippen LogP contribution is 2.40. The van der Waals surface area contributed by atoms with E-state index in [1.54, 1.807) is 13.2 Å². The molecule has 2 N–H and O–H groups in total. The number of aromatic carboxylic acids is 1. The number of hydrogen-bond acceptors (Lipinski definition) is 7. The van der Waals surface area contributed by atoms with Crippen LogP contribution in [0.4, 0.5) is 5.69 Å². The normalized spacial score (nSPS) is 15.8. The zero-order valence-electron chi connectivity index (χ0n) is 26.9. The molecule has 0 aromatic heterocycles. The van der Waals surface area contributed by atoms with E-state index in [-0.39, 0.29) is 23.6 Å². The number of anilines is 1. The quantitative estimate of drug-likeness (QED) is 0.213. The lowest BCUT2D eigenvalue weighted by atomic mass is 9.91. The molecule has 0 aliphatic carbocycles. The average Bonchev–Trinajstić information content (AvgIpc) is 3.58. The molecular weight excluding hydrogens is 650 g/mol. The van der Waals surface area contributed by atoms with Crippen LogP contribution in [-0.2, 0) is 11.2 Å². The number of amides is 1. The van der Waals surface area contributed by atoms with E-state index in [0.717, 1.165) is 73.7 Å². The zero-order valence-corrected chi connectivity index (χ0v) is 28.5. The maximum atomic E-state index is 13.9. The average molecular weight is 695 g/mol. The highest BCUT2D eigenvalue weighted by atomic mass is 79.9. The number of halogens is 1. The van der Waals surface area contributed by atoms with Gasteiger partial charge in [0.1, 0.15) is 29.4 Å². The molecule has 3 aromatic rings. The summed E-state index contributed by atoms with van der Waals surface area (Å²) in [4.78, 5) is 30.4. The molecule has 0 bridgehead atoms. The van der Waals surface area contributed by atoms with Gasteiger partial charge < -0.3 is 29.5 Å². The Bertz CT molecular complexity index is 1530. The van der Waals surface area contributed by atoms with Crippen LogP contribution in [0.2, 0.25) is 0 Å². The van der Waals surface area contributed by atoms with Crippen molar-refractivity contribution >= 4 is 33.5 Å². The van der Waals surface area contributed by atoms with E-state index < -0.39 is 12.0 Å². The van der Waals surface area contributed by atoms with Gasteiger partial charge in [0.2, 0.25) is 5.91 Å². The predicted molar refractivity (Wildman–Crippen MR) is 183 cm³/mol. The molecule has 1 unspecified atom stereocenters. The topological polar surface area (TPSA) is 101 Å². The van der Waals surface area contributed by atoms with Crippen molar-refractivity contribution in [2.24, 2.45) is 0 Å². The number of methoxy groups -OCH3 is 2. The van der Waals surface area contributed by atoms with Crippen LogP contribution >= 0.6 is 15.9 Å². The Morgan fingerprint density at radius 3 is 2.35 bits per heavy atom. The van der Waals surface area contributed by atoms with Gasteiger partial charge in [-0.3, -0.25) is 9.69 Å². The molecular formula is C36H44BrN3O6. The van der Waals surface area contributed by atoms with Gasteiger partial charge >= 0.3 is 5.97 Å². The maximum Gasteiger partial charge on any atom is 0.339 e. The number of hydrogen-bond donors (Lipinski definition) is 2. The van der Waals surface area contributed by atoms with E-state index in [0.29, 0.717) is 22.4 Å². The Labute approximate surface area is 279 Å². The standard InChI is InChI=1S/C36H44BrN3O6/c1-24-10-9-11-30(40-16-5-4-6-17-40)34(24)35(38-33(41)21-25-20-31(44-2)28(36(42)43)23-29(25)37)27-13-12-26(22-32(27)45-3)46-19-18-39-14-7-8-15-39/h9-13,20,22-23,35H,4-8,14-19,21H2,1-3H3,(H,38,41)(H,42,43). The van der Waals surface area contributed by atoms with Crippen molar-refractivity contribution in [3.8, 4) is 17.2 Å². The molecule has 5 rings (SSSR count).